The maximum atomic E-state index is 12.1. The predicted octanol–water partition coefficient (Wildman–Crippen LogP) is 3.90. The lowest BCUT2D eigenvalue weighted by atomic mass is 9.82. The average molecular weight is 282 g/mol. The van der Waals surface area contributed by atoms with Gasteiger partial charge in [-0.2, -0.15) is 0 Å². The molecule has 0 radical (unpaired) electrons. The maximum absolute atomic E-state index is 12.1. The number of nitrogen functional groups attached to an aromatic ring is 1. The first-order chi connectivity index (χ1) is 8.94. The van der Waals surface area contributed by atoms with E-state index >= 15 is 0 Å². The third kappa shape index (κ3) is 3.87. The fourth-order valence-electron chi connectivity index (χ4n) is 2.92. The third-order valence-corrected chi connectivity index (χ3v) is 3.78. The summed E-state index contributed by atoms with van der Waals surface area (Å²) >= 11 is 5.90. The van der Waals surface area contributed by atoms with Crippen LogP contribution >= 0.6 is 11.6 Å². The molecule has 104 valence electrons. The van der Waals surface area contributed by atoms with Crippen molar-refractivity contribution in [3.05, 3.63) is 28.8 Å². The summed E-state index contributed by atoms with van der Waals surface area (Å²) in [6, 6.07) is 4.81. The second kappa shape index (κ2) is 5.83. The van der Waals surface area contributed by atoms with Gasteiger partial charge in [0.2, 0.25) is 0 Å². The lowest BCUT2D eigenvalue weighted by Gasteiger charge is -2.31. The number of halogens is 1. The molecule has 0 heterocycles. The van der Waals surface area contributed by atoms with Gasteiger partial charge in [0.05, 0.1) is 5.56 Å². The highest BCUT2D eigenvalue weighted by Gasteiger charge is 2.27. The second-order valence-electron chi connectivity index (χ2n) is 5.72. The number of carbonyl (C=O) groups is 1. The van der Waals surface area contributed by atoms with E-state index in [1.165, 1.54) is 6.42 Å². The summed E-state index contributed by atoms with van der Waals surface area (Å²) in [5.41, 5.74) is 6.59. The van der Waals surface area contributed by atoms with Crippen molar-refractivity contribution in [2.24, 2.45) is 11.8 Å². The lowest BCUT2D eigenvalue weighted by Crippen LogP contribution is -2.28. The van der Waals surface area contributed by atoms with Crippen LogP contribution in [-0.2, 0) is 4.74 Å². The van der Waals surface area contributed by atoms with Gasteiger partial charge in [-0.25, -0.2) is 4.79 Å². The van der Waals surface area contributed by atoms with Crippen LogP contribution in [0.4, 0.5) is 5.69 Å². The van der Waals surface area contributed by atoms with Crippen molar-refractivity contribution >= 4 is 23.3 Å². The summed E-state index contributed by atoms with van der Waals surface area (Å²) in [5, 5.41) is 0.456. The molecule has 1 saturated carbocycles. The molecule has 1 fully saturated rings. The van der Waals surface area contributed by atoms with E-state index in [4.69, 9.17) is 22.1 Å². The molecule has 1 aromatic carbocycles. The van der Waals surface area contributed by atoms with Crippen molar-refractivity contribution in [1.29, 1.82) is 0 Å². The number of ether oxygens (including phenoxy) is 1. The summed E-state index contributed by atoms with van der Waals surface area (Å²) in [7, 11) is 0. The topological polar surface area (TPSA) is 52.3 Å². The Balaban J connectivity index is 2.04. The van der Waals surface area contributed by atoms with Crippen LogP contribution in [0.25, 0.3) is 0 Å². The van der Waals surface area contributed by atoms with Crippen molar-refractivity contribution in [2.75, 3.05) is 5.73 Å². The van der Waals surface area contributed by atoms with Crippen molar-refractivity contribution in [3.8, 4) is 0 Å². The summed E-state index contributed by atoms with van der Waals surface area (Å²) in [4.78, 5) is 12.1. The Morgan fingerprint density at radius 1 is 1.21 bits per heavy atom. The van der Waals surface area contributed by atoms with Gasteiger partial charge >= 0.3 is 5.97 Å². The van der Waals surface area contributed by atoms with Crippen LogP contribution in [0.3, 0.4) is 0 Å². The van der Waals surface area contributed by atoms with Gasteiger partial charge < -0.3 is 10.5 Å². The largest absolute Gasteiger partial charge is 0.459 e. The zero-order chi connectivity index (χ0) is 14.0. The van der Waals surface area contributed by atoms with Gasteiger partial charge in [0, 0.05) is 10.7 Å². The summed E-state index contributed by atoms with van der Waals surface area (Å²) in [6.07, 6.45) is 3.09. The third-order valence-electron chi connectivity index (χ3n) is 3.56. The van der Waals surface area contributed by atoms with Gasteiger partial charge in [0.25, 0.3) is 0 Å². The quantitative estimate of drug-likeness (QED) is 0.661. The minimum Gasteiger partial charge on any atom is -0.459 e. The summed E-state index contributed by atoms with van der Waals surface area (Å²) < 4.78 is 5.58. The molecule has 0 spiro atoms. The van der Waals surface area contributed by atoms with E-state index in [0.29, 0.717) is 28.1 Å². The Hall–Kier alpha value is -1.22. The molecule has 2 N–H and O–H groups in total. The normalized spacial score (nSPS) is 27.0. The molecule has 2 rings (SSSR count). The van der Waals surface area contributed by atoms with Crippen LogP contribution in [0.5, 0.6) is 0 Å². The number of benzene rings is 1. The number of anilines is 1. The lowest BCUT2D eigenvalue weighted by molar-refractivity contribution is 0.00806. The van der Waals surface area contributed by atoms with Crippen molar-refractivity contribution in [1.82, 2.24) is 0 Å². The minimum absolute atomic E-state index is 0.00598. The van der Waals surface area contributed by atoms with Crippen LogP contribution < -0.4 is 5.73 Å². The standard InChI is InChI=1S/C15H20ClNO2/c1-9-3-10(2)5-14(4-9)19-15(18)11-6-12(16)8-13(17)7-11/h6-10,14H,3-5,17H2,1-2H3. The smallest absolute Gasteiger partial charge is 0.338 e. The van der Waals surface area contributed by atoms with Gasteiger partial charge in [0.15, 0.2) is 0 Å². The fourth-order valence-corrected chi connectivity index (χ4v) is 3.16. The van der Waals surface area contributed by atoms with E-state index in [9.17, 15) is 4.79 Å². The second-order valence-corrected chi connectivity index (χ2v) is 6.15. The zero-order valence-electron chi connectivity index (χ0n) is 11.4. The van der Waals surface area contributed by atoms with Crippen molar-refractivity contribution in [2.45, 2.75) is 39.2 Å². The number of esters is 1. The number of carbonyl (C=O) groups excluding carboxylic acids is 1. The Morgan fingerprint density at radius 2 is 1.84 bits per heavy atom. The predicted molar refractivity (Wildman–Crippen MR) is 77.2 cm³/mol. The molecule has 1 aliphatic carbocycles. The Labute approximate surface area is 119 Å². The summed E-state index contributed by atoms with van der Waals surface area (Å²) in [6.45, 7) is 4.40. The molecule has 2 atom stereocenters. The van der Waals surface area contributed by atoms with E-state index in [0.717, 1.165) is 12.8 Å². The fraction of sp³-hybridized carbons (Fsp3) is 0.533. The number of rotatable bonds is 2. The molecule has 19 heavy (non-hydrogen) atoms. The monoisotopic (exact) mass is 281 g/mol. The molecule has 1 aromatic rings. The molecule has 1 aliphatic rings. The number of nitrogens with two attached hydrogens (primary N) is 1. The first kappa shape index (κ1) is 14.2. The Kier molecular flexibility index (Phi) is 4.35. The summed E-state index contributed by atoms with van der Waals surface area (Å²) in [5.74, 6) is 0.873. The van der Waals surface area contributed by atoms with Crippen LogP contribution in [0.15, 0.2) is 18.2 Å². The van der Waals surface area contributed by atoms with Crippen molar-refractivity contribution in [3.63, 3.8) is 0 Å². The molecule has 0 saturated heterocycles. The molecule has 0 aliphatic heterocycles. The van der Waals surface area contributed by atoms with Crippen LogP contribution in [0.2, 0.25) is 5.02 Å². The highest BCUT2D eigenvalue weighted by atomic mass is 35.5. The minimum atomic E-state index is -0.333. The van der Waals surface area contributed by atoms with Crippen LogP contribution in [-0.4, -0.2) is 12.1 Å². The highest BCUT2D eigenvalue weighted by molar-refractivity contribution is 6.31. The zero-order valence-corrected chi connectivity index (χ0v) is 12.1. The SMILES string of the molecule is CC1CC(C)CC(OC(=O)c2cc(N)cc(Cl)c2)C1. The molecule has 4 heteroatoms. The maximum Gasteiger partial charge on any atom is 0.338 e. The molecule has 0 amide bonds. The van der Waals surface area contributed by atoms with Gasteiger partial charge in [-0.05, 0) is 49.3 Å². The van der Waals surface area contributed by atoms with E-state index < -0.39 is 0 Å². The average Bonchev–Trinajstić information content (AvgIpc) is 2.25. The Bertz CT molecular complexity index is 445. The van der Waals surface area contributed by atoms with E-state index in [1.807, 2.05) is 0 Å². The molecular weight excluding hydrogens is 262 g/mol. The first-order valence-electron chi connectivity index (χ1n) is 6.71. The van der Waals surface area contributed by atoms with Crippen molar-refractivity contribution < 1.29 is 9.53 Å². The first-order valence-corrected chi connectivity index (χ1v) is 7.09. The number of hydrogen-bond acceptors (Lipinski definition) is 3. The van der Waals surface area contributed by atoms with Crippen LogP contribution in [0.1, 0.15) is 43.5 Å². The molecule has 2 unspecified atom stereocenters. The van der Waals surface area contributed by atoms with Crippen LogP contribution in [0, 0.1) is 11.8 Å². The van der Waals surface area contributed by atoms with Gasteiger partial charge in [-0.3, -0.25) is 0 Å². The number of hydrogen-bond donors (Lipinski definition) is 1. The van der Waals surface area contributed by atoms with Gasteiger partial charge in [-0.15, -0.1) is 0 Å². The van der Waals surface area contributed by atoms with Gasteiger partial charge in [0.1, 0.15) is 6.10 Å². The molecule has 3 nitrogen and oxygen atoms in total. The molecule has 0 aromatic heterocycles. The van der Waals surface area contributed by atoms with Gasteiger partial charge in [-0.1, -0.05) is 25.4 Å². The highest BCUT2D eigenvalue weighted by Crippen LogP contribution is 2.31. The molecular formula is C15H20ClNO2. The van der Waals surface area contributed by atoms with E-state index in [1.54, 1.807) is 18.2 Å². The molecule has 0 bridgehead atoms. The van der Waals surface area contributed by atoms with E-state index in [2.05, 4.69) is 13.8 Å². The Morgan fingerprint density at radius 3 is 2.42 bits per heavy atom. The van der Waals surface area contributed by atoms with E-state index in [-0.39, 0.29) is 12.1 Å².